The Morgan fingerprint density at radius 1 is 1.14 bits per heavy atom. The number of benzene rings is 2. The quantitative estimate of drug-likeness (QED) is 0.373. The first-order chi connectivity index (χ1) is 13.5. The van der Waals surface area contributed by atoms with E-state index < -0.39 is 5.97 Å². The van der Waals surface area contributed by atoms with Crippen molar-refractivity contribution in [2.24, 2.45) is 4.99 Å². The number of carbonyl (C=O) groups excluding carboxylic acids is 2. The Morgan fingerprint density at radius 3 is 2.57 bits per heavy atom. The lowest BCUT2D eigenvalue weighted by Crippen LogP contribution is -2.07. The van der Waals surface area contributed by atoms with E-state index in [1.54, 1.807) is 31.2 Å². The Kier molecular flexibility index (Phi) is 6.26. The van der Waals surface area contributed by atoms with Crippen molar-refractivity contribution in [3.63, 3.8) is 0 Å². The summed E-state index contributed by atoms with van der Waals surface area (Å²) in [7, 11) is 0. The number of hydrogen-bond donors (Lipinski definition) is 0. The molecule has 0 atom stereocenters. The number of esters is 2. The van der Waals surface area contributed by atoms with Crippen LogP contribution in [0.25, 0.3) is 6.08 Å². The molecule has 144 valence electrons. The molecule has 1 aliphatic rings. The molecule has 0 bridgehead atoms. The summed E-state index contributed by atoms with van der Waals surface area (Å²) in [6.07, 6.45) is 1.86. The molecule has 2 aromatic rings. The van der Waals surface area contributed by atoms with Crippen LogP contribution in [-0.4, -0.2) is 24.4 Å². The minimum atomic E-state index is -0.530. The molecular formula is C21H18BrNO5. The van der Waals surface area contributed by atoms with Crippen LogP contribution in [0.1, 0.15) is 31.4 Å². The fourth-order valence-corrected chi connectivity index (χ4v) is 2.71. The van der Waals surface area contributed by atoms with Gasteiger partial charge < -0.3 is 14.2 Å². The molecule has 0 spiro atoms. The zero-order chi connectivity index (χ0) is 20.1. The first kappa shape index (κ1) is 19.8. The van der Waals surface area contributed by atoms with Crippen LogP contribution in [0.15, 0.2) is 57.6 Å². The summed E-state index contributed by atoms with van der Waals surface area (Å²) in [6, 6.07) is 12.3. The molecule has 0 radical (unpaired) electrons. The number of carbonyl (C=O) groups is 2. The minimum Gasteiger partial charge on any atom is -0.490 e. The average molecular weight is 444 g/mol. The van der Waals surface area contributed by atoms with E-state index in [-0.39, 0.29) is 24.0 Å². The molecule has 0 aliphatic carbocycles. The van der Waals surface area contributed by atoms with Gasteiger partial charge in [-0.05, 0) is 55.0 Å². The van der Waals surface area contributed by atoms with Crippen LogP contribution in [0.5, 0.6) is 11.5 Å². The summed E-state index contributed by atoms with van der Waals surface area (Å²) < 4.78 is 17.0. The third-order valence-corrected chi connectivity index (χ3v) is 4.32. The van der Waals surface area contributed by atoms with E-state index in [0.717, 1.165) is 4.47 Å². The molecule has 0 amide bonds. The standard InChI is InChI=1S/C21H18BrNO5/c1-3-19(24)27-17-10-5-13(12-18(17)26-4-2)11-16-21(25)28-20(23-16)14-6-8-15(22)9-7-14/h5-12H,3-4H2,1-2H3/b16-11-. The normalized spacial score (nSPS) is 14.6. The number of cyclic esters (lactones) is 1. The maximum atomic E-state index is 12.2. The van der Waals surface area contributed by atoms with Gasteiger partial charge in [-0.2, -0.15) is 0 Å². The number of halogens is 1. The molecule has 0 unspecified atom stereocenters. The van der Waals surface area contributed by atoms with Crippen LogP contribution >= 0.6 is 15.9 Å². The summed E-state index contributed by atoms with van der Waals surface area (Å²) in [4.78, 5) is 28.0. The van der Waals surface area contributed by atoms with E-state index in [1.807, 2.05) is 31.2 Å². The van der Waals surface area contributed by atoms with E-state index in [1.165, 1.54) is 0 Å². The Hall–Kier alpha value is -2.93. The van der Waals surface area contributed by atoms with Crippen molar-refractivity contribution in [1.29, 1.82) is 0 Å². The summed E-state index contributed by atoms with van der Waals surface area (Å²) in [5, 5.41) is 0. The van der Waals surface area contributed by atoms with Crippen molar-refractivity contribution < 1.29 is 23.8 Å². The SMILES string of the molecule is CCOc1cc(/C=C2\N=C(c3ccc(Br)cc3)OC2=O)ccc1OC(=O)CC. The van der Waals surface area contributed by atoms with E-state index in [2.05, 4.69) is 20.9 Å². The lowest BCUT2D eigenvalue weighted by molar-refractivity contribution is -0.134. The van der Waals surface area contributed by atoms with Crippen molar-refractivity contribution in [1.82, 2.24) is 0 Å². The molecule has 1 aliphatic heterocycles. The summed E-state index contributed by atoms with van der Waals surface area (Å²) in [5.41, 5.74) is 1.56. The van der Waals surface area contributed by atoms with Gasteiger partial charge >= 0.3 is 11.9 Å². The Balaban J connectivity index is 1.89. The molecule has 0 N–H and O–H groups in total. The second-order valence-electron chi connectivity index (χ2n) is 5.81. The van der Waals surface area contributed by atoms with Gasteiger partial charge in [0.2, 0.25) is 5.90 Å². The van der Waals surface area contributed by atoms with Crippen LogP contribution < -0.4 is 9.47 Å². The van der Waals surface area contributed by atoms with E-state index in [9.17, 15) is 9.59 Å². The Morgan fingerprint density at radius 2 is 1.89 bits per heavy atom. The van der Waals surface area contributed by atoms with Crippen LogP contribution in [0.2, 0.25) is 0 Å². The van der Waals surface area contributed by atoms with Crippen molar-refractivity contribution in [2.75, 3.05) is 6.61 Å². The molecule has 7 heteroatoms. The lowest BCUT2D eigenvalue weighted by Gasteiger charge is -2.10. The van der Waals surface area contributed by atoms with Crippen molar-refractivity contribution >= 4 is 39.8 Å². The van der Waals surface area contributed by atoms with Gasteiger partial charge in [-0.3, -0.25) is 4.79 Å². The van der Waals surface area contributed by atoms with Gasteiger partial charge in [0.05, 0.1) is 6.61 Å². The molecule has 2 aromatic carbocycles. The monoisotopic (exact) mass is 443 g/mol. The van der Waals surface area contributed by atoms with Crippen LogP contribution in [0.4, 0.5) is 0 Å². The second-order valence-corrected chi connectivity index (χ2v) is 6.73. The number of nitrogens with zero attached hydrogens (tertiary/aromatic N) is 1. The molecular weight excluding hydrogens is 426 g/mol. The van der Waals surface area contributed by atoms with Crippen LogP contribution in [0.3, 0.4) is 0 Å². The van der Waals surface area contributed by atoms with Gasteiger partial charge in [-0.15, -0.1) is 0 Å². The highest BCUT2D eigenvalue weighted by molar-refractivity contribution is 9.10. The fourth-order valence-electron chi connectivity index (χ4n) is 2.44. The maximum absolute atomic E-state index is 12.2. The first-order valence-corrected chi connectivity index (χ1v) is 9.55. The zero-order valence-corrected chi connectivity index (χ0v) is 17.0. The molecule has 28 heavy (non-hydrogen) atoms. The lowest BCUT2D eigenvalue weighted by atomic mass is 10.1. The highest BCUT2D eigenvalue weighted by Crippen LogP contribution is 2.30. The third kappa shape index (κ3) is 4.67. The smallest absolute Gasteiger partial charge is 0.363 e. The first-order valence-electron chi connectivity index (χ1n) is 8.76. The largest absolute Gasteiger partial charge is 0.490 e. The van der Waals surface area contributed by atoms with Gasteiger partial charge in [-0.25, -0.2) is 9.79 Å². The zero-order valence-electron chi connectivity index (χ0n) is 15.4. The number of aliphatic imine (C=N–C) groups is 1. The molecule has 6 nitrogen and oxygen atoms in total. The van der Waals surface area contributed by atoms with E-state index in [4.69, 9.17) is 14.2 Å². The third-order valence-electron chi connectivity index (χ3n) is 3.80. The predicted octanol–water partition coefficient (Wildman–Crippen LogP) is 4.51. The van der Waals surface area contributed by atoms with Crippen molar-refractivity contribution in [2.45, 2.75) is 20.3 Å². The van der Waals surface area contributed by atoms with Crippen LogP contribution in [-0.2, 0) is 14.3 Å². The van der Waals surface area contributed by atoms with E-state index >= 15 is 0 Å². The molecule has 0 saturated heterocycles. The number of ether oxygens (including phenoxy) is 3. The maximum Gasteiger partial charge on any atom is 0.363 e. The van der Waals surface area contributed by atoms with Gasteiger partial charge in [0.15, 0.2) is 17.2 Å². The summed E-state index contributed by atoms with van der Waals surface area (Å²) in [5.74, 6) is 0.126. The van der Waals surface area contributed by atoms with E-state index in [0.29, 0.717) is 29.2 Å². The molecule has 1 heterocycles. The van der Waals surface area contributed by atoms with Gasteiger partial charge in [-0.1, -0.05) is 28.9 Å². The Labute approximate surface area is 171 Å². The molecule has 0 aromatic heterocycles. The number of hydrogen-bond acceptors (Lipinski definition) is 6. The molecule has 0 saturated carbocycles. The van der Waals surface area contributed by atoms with Crippen LogP contribution in [0, 0.1) is 0 Å². The highest BCUT2D eigenvalue weighted by atomic mass is 79.9. The predicted molar refractivity (Wildman–Crippen MR) is 108 cm³/mol. The number of rotatable bonds is 6. The summed E-state index contributed by atoms with van der Waals surface area (Å²) in [6.45, 7) is 3.96. The minimum absolute atomic E-state index is 0.179. The highest BCUT2D eigenvalue weighted by Gasteiger charge is 2.24. The fraction of sp³-hybridized carbons (Fsp3) is 0.190. The van der Waals surface area contributed by atoms with Crippen molar-refractivity contribution in [3.8, 4) is 11.5 Å². The van der Waals surface area contributed by atoms with Gasteiger partial charge in [0.1, 0.15) is 0 Å². The summed E-state index contributed by atoms with van der Waals surface area (Å²) >= 11 is 3.36. The topological polar surface area (TPSA) is 74.2 Å². The van der Waals surface area contributed by atoms with Gasteiger partial charge in [0, 0.05) is 16.5 Å². The van der Waals surface area contributed by atoms with Gasteiger partial charge in [0.25, 0.3) is 0 Å². The second kappa shape index (κ2) is 8.84. The molecule has 3 rings (SSSR count). The average Bonchev–Trinajstić information content (AvgIpc) is 3.05. The van der Waals surface area contributed by atoms with Crippen molar-refractivity contribution in [3.05, 3.63) is 63.8 Å². The molecule has 0 fully saturated rings. The Bertz CT molecular complexity index is 963.